The third-order valence-corrected chi connectivity index (χ3v) is 3.76. The molecule has 0 radical (unpaired) electrons. The van der Waals surface area contributed by atoms with Gasteiger partial charge in [-0.2, -0.15) is 0 Å². The normalized spacial score (nSPS) is 11.6. The number of hydrogen-bond donors (Lipinski definition) is 1. The molecule has 23 heavy (non-hydrogen) atoms. The smallest absolute Gasteiger partial charge is 0.340 e. The largest absolute Gasteiger partial charge is 0.452 e. The van der Waals surface area contributed by atoms with Gasteiger partial charge in [-0.05, 0) is 36.8 Å². The molecule has 0 spiro atoms. The van der Waals surface area contributed by atoms with Gasteiger partial charge in [-0.25, -0.2) is 4.79 Å². The number of carbonyl (C=O) groups excluding carboxylic acids is 2. The van der Waals surface area contributed by atoms with E-state index in [2.05, 4.69) is 5.32 Å². The van der Waals surface area contributed by atoms with Crippen molar-refractivity contribution < 1.29 is 14.3 Å². The molecule has 0 aliphatic heterocycles. The van der Waals surface area contributed by atoms with Gasteiger partial charge in [-0.3, -0.25) is 4.79 Å². The number of nitrogens with one attached hydrogen (secondary N) is 1. The van der Waals surface area contributed by atoms with Crippen LogP contribution in [0.1, 0.15) is 28.9 Å². The van der Waals surface area contributed by atoms with Crippen molar-refractivity contribution in [2.45, 2.75) is 13.0 Å². The molecule has 2 rings (SSSR count). The fraction of sp³-hybridized carbons (Fsp3) is 0.176. The van der Waals surface area contributed by atoms with Gasteiger partial charge in [0.2, 0.25) is 0 Å². The van der Waals surface area contributed by atoms with Crippen LogP contribution >= 0.6 is 23.2 Å². The van der Waals surface area contributed by atoms with Gasteiger partial charge in [0.25, 0.3) is 5.91 Å². The van der Waals surface area contributed by atoms with Crippen LogP contribution in [-0.4, -0.2) is 18.5 Å². The minimum atomic E-state index is -0.634. The van der Waals surface area contributed by atoms with Gasteiger partial charge in [0, 0.05) is 5.02 Å². The van der Waals surface area contributed by atoms with Gasteiger partial charge >= 0.3 is 5.97 Å². The van der Waals surface area contributed by atoms with Crippen LogP contribution in [0.4, 0.5) is 0 Å². The van der Waals surface area contributed by atoms with Crippen LogP contribution in [0, 0.1) is 0 Å². The average molecular weight is 352 g/mol. The van der Waals surface area contributed by atoms with Crippen molar-refractivity contribution in [3.8, 4) is 0 Å². The van der Waals surface area contributed by atoms with Crippen molar-refractivity contribution in [2.75, 3.05) is 6.61 Å². The second-order valence-electron chi connectivity index (χ2n) is 4.90. The molecule has 0 saturated heterocycles. The van der Waals surface area contributed by atoms with E-state index in [-0.39, 0.29) is 23.2 Å². The lowest BCUT2D eigenvalue weighted by Gasteiger charge is -2.14. The molecule has 4 nitrogen and oxygen atoms in total. The Morgan fingerprint density at radius 3 is 2.39 bits per heavy atom. The fourth-order valence-electron chi connectivity index (χ4n) is 1.95. The molecule has 0 saturated carbocycles. The molecule has 0 heterocycles. The zero-order chi connectivity index (χ0) is 16.8. The third-order valence-electron chi connectivity index (χ3n) is 3.18. The lowest BCUT2D eigenvalue weighted by Crippen LogP contribution is -2.31. The molecule has 0 aliphatic carbocycles. The Labute approximate surface area is 144 Å². The van der Waals surface area contributed by atoms with Crippen molar-refractivity contribution in [3.63, 3.8) is 0 Å². The monoisotopic (exact) mass is 351 g/mol. The topological polar surface area (TPSA) is 55.4 Å². The zero-order valence-electron chi connectivity index (χ0n) is 12.4. The molecule has 0 unspecified atom stereocenters. The highest BCUT2D eigenvalue weighted by Crippen LogP contribution is 2.17. The van der Waals surface area contributed by atoms with Crippen LogP contribution in [0.2, 0.25) is 10.0 Å². The highest BCUT2D eigenvalue weighted by atomic mass is 35.5. The number of halogens is 2. The van der Waals surface area contributed by atoms with E-state index in [4.69, 9.17) is 27.9 Å². The van der Waals surface area contributed by atoms with Gasteiger partial charge in [0.1, 0.15) is 0 Å². The Morgan fingerprint density at radius 2 is 1.74 bits per heavy atom. The van der Waals surface area contributed by atoms with E-state index < -0.39 is 11.9 Å². The van der Waals surface area contributed by atoms with E-state index in [1.54, 1.807) is 36.4 Å². The van der Waals surface area contributed by atoms with Gasteiger partial charge in [0.15, 0.2) is 6.61 Å². The first-order valence-electron chi connectivity index (χ1n) is 6.94. The van der Waals surface area contributed by atoms with Gasteiger partial charge in [0.05, 0.1) is 16.6 Å². The Morgan fingerprint density at radius 1 is 1.09 bits per heavy atom. The molecule has 0 fully saturated rings. The zero-order valence-corrected chi connectivity index (χ0v) is 13.9. The number of benzene rings is 2. The van der Waals surface area contributed by atoms with Crippen LogP contribution in [0.15, 0.2) is 48.5 Å². The minimum Gasteiger partial charge on any atom is -0.452 e. The van der Waals surface area contributed by atoms with Gasteiger partial charge in [-0.1, -0.05) is 47.5 Å². The van der Waals surface area contributed by atoms with Crippen molar-refractivity contribution >= 4 is 35.1 Å². The lowest BCUT2D eigenvalue weighted by atomic mass is 10.1. The summed E-state index contributed by atoms with van der Waals surface area (Å²) >= 11 is 11.7. The van der Waals surface area contributed by atoms with Crippen molar-refractivity contribution in [3.05, 3.63) is 69.7 Å². The number of carbonyl (C=O) groups is 2. The molecule has 6 heteroatoms. The number of ether oxygens (including phenoxy) is 1. The predicted octanol–water partition coefficient (Wildman–Crippen LogP) is 4.03. The van der Waals surface area contributed by atoms with Crippen LogP contribution < -0.4 is 5.32 Å². The molecule has 0 bridgehead atoms. The Bertz CT molecular complexity index is 701. The van der Waals surface area contributed by atoms with E-state index in [9.17, 15) is 9.59 Å². The molecular formula is C17H15Cl2NO3. The summed E-state index contributed by atoms with van der Waals surface area (Å²) < 4.78 is 4.97. The maximum Gasteiger partial charge on any atom is 0.340 e. The number of rotatable bonds is 5. The highest BCUT2D eigenvalue weighted by Gasteiger charge is 2.14. The molecule has 2 aromatic carbocycles. The summed E-state index contributed by atoms with van der Waals surface area (Å²) in [6, 6.07) is 13.4. The standard InChI is InChI=1S/C17H15Cl2NO3/c1-11(12-6-8-13(18)9-7-12)20-16(21)10-23-17(22)14-4-2-3-5-15(14)19/h2-9,11H,10H2,1H3,(H,20,21)/t11-/m0/s1. The van der Waals surface area contributed by atoms with Crippen LogP contribution in [0.25, 0.3) is 0 Å². The SMILES string of the molecule is C[C@H](NC(=O)COC(=O)c1ccccc1Cl)c1ccc(Cl)cc1. The maximum atomic E-state index is 11.9. The summed E-state index contributed by atoms with van der Waals surface area (Å²) in [5, 5.41) is 3.66. The molecule has 1 amide bonds. The van der Waals surface area contributed by atoms with E-state index in [1.807, 2.05) is 19.1 Å². The molecule has 120 valence electrons. The molecule has 0 aromatic heterocycles. The number of esters is 1. The van der Waals surface area contributed by atoms with E-state index in [0.717, 1.165) is 5.56 Å². The quantitative estimate of drug-likeness (QED) is 0.827. The first-order chi connectivity index (χ1) is 11.0. The average Bonchev–Trinajstić information content (AvgIpc) is 2.53. The van der Waals surface area contributed by atoms with Crippen LogP contribution in [0.5, 0.6) is 0 Å². The summed E-state index contributed by atoms with van der Waals surface area (Å²) in [4.78, 5) is 23.7. The Hall–Kier alpha value is -2.04. The van der Waals surface area contributed by atoms with E-state index in [0.29, 0.717) is 5.02 Å². The summed E-state index contributed by atoms with van der Waals surface area (Å²) in [7, 11) is 0. The summed E-state index contributed by atoms with van der Waals surface area (Å²) in [6.45, 7) is 1.46. The number of hydrogen-bond acceptors (Lipinski definition) is 3. The first-order valence-corrected chi connectivity index (χ1v) is 7.69. The molecule has 0 aliphatic rings. The van der Waals surface area contributed by atoms with Crippen LogP contribution in [-0.2, 0) is 9.53 Å². The molecule has 2 aromatic rings. The van der Waals surface area contributed by atoms with Crippen LogP contribution in [0.3, 0.4) is 0 Å². The third kappa shape index (κ3) is 4.98. The van der Waals surface area contributed by atoms with Gasteiger partial charge < -0.3 is 10.1 Å². The lowest BCUT2D eigenvalue weighted by molar-refractivity contribution is -0.124. The fourth-order valence-corrected chi connectivity index (χ4v) is 2.29. The number of amides is 1. The molecular weight excluding hydrogens is 337 g/mol. The van der Waals surface area contributed by atoms with Crippen molar-refractivity contribution in [1.29, 1.82) is 0 Å². The van der Waals surface area contributed by atoms with Crippen molar-refractivity contribution in [2.24, 2.45) is 0 Å². The maximum absolute atomic E-state index is 11.9. The Balaban J connectivity index is 1.86. The minimum absolute atomic E-state index is 0.223. The van der Waals surface area contributed by atoms with E-state index >= 15 is 0 Å². The predicted molar refractivity (Wildman–Crippen MR) is 89.7 cm³/mol. The first kappa shape index (κ1) is 17.3. The van der Waals surface area contributed by atoms with Gasteiger partial charge in [-0.15, -0.1) is 0 Å². The highest BCUT2D eigenvalue weighted by molar-refractivity contribution is 6.33. The Kier molecular flexibility index (Phi) is 6.02. The van der Waals surface area contributed by atoms with E-state index in [1.165, 1.54) is 0 Å². The van der Waals surface area contributed by atoms with Crippen molar-refractivity contribution in [1.82, 2.24) is 5.32 Å². The second-order valence-corrected chi connectivity index (χ2v) is 5.74. The molecule has 1 atom stereocenters. The summed E-state index contributed by atoms with van der Waals surface area (Å²) in [6.07, 6.45) is 0. The molecule has 1 N–H and O–H groups in total. The second kappa shape index (κ2) is 7.99. The summed E-state index contributed by atoms with van der Waals surface area (Å²) in [5.41, 5.74) is 1.13. The summed E-state index contributed by atoms with van der Waals surface area (Å²) in [5.74, 6) is -1.03.